The number of benzene rings is 2. The second kappa shape index (κ2) is 11.0. The van der Waals surface area contributed by atoms with Gasteiger partial charge in [-0.15, -0.1) is 0 Å². The molecule has 2 aromatic carbocycles. The van der Waals surface area contributed by atoms with E-state index in [-0.39, 0.29) is 12.1 Å². The van der Waals surface area contributed by atoms with Crippen molar-refractivity contribution in [1.29, 1.82) is 0 Å². The Balaban J connectivity index is 1.86. The highest BCUT2D eigenvalue weighted by atomic mass is 19.4. The van der Waals surface area contributed by atoms with E-state index in [9.17, 15) is 13.2 Å². The maximum Gasteiger partial charge on any atom is 0.416 e. The maximum absolute atomic E-state index is 12.9. The number of ether oxygens (including phenoxy) is 1. The van der Waals surface area contributed by atoms with E-state index in [0.29, 0.717) is 18.7 Å². The molecule has 0 saturated heterocycles. The van der Waals surface area contributed by atoms with E-state index in [0.717, 1.165) is 34.5 Å². The summed E-state index contributed by atoms with van der Waals surface area (Å²) in [6.45, 7) is 4.16. The summed E-state index contributed by atoms with van der Waals surface area (Å²) in [5.41, 5.74) is 3.02. The molecule has 0 saturated carbocycles. The minimum absolute atomic E-state index is 0.125. The lowest BCUT2D eigenvalue weighted by molar-refractivity contribution is -0.137. The van der Waals surface area contributed by atoms with Crippen LogP contribution >= 0.6 is 0 Å². The summed E-state index contributed by atoms with van der Waals surface area (Å²) < 4.78 is 44.0. The third-order valence-corrected chi connectivity index (χ3v) is 5.54. The van der Waals surface area contributed by atoms with Crippen molar-refractivity contribution in [2.24, 2.45) is 0 Å². The minimum Gasteiger partial charge on any atom is -0.481 e. The number of methoxy groups -OCH3 is 1. The largest absolute Gasteiger partial charge is 0.481 e. The molecule has 174 valence electrons. The Morgan fingerprint density at radius 3 is 2.33 bits per heavy atom. The first-order valence-electron chi connectivity index (χ1n) is 10.7. The summed E-state index contributed by atoms with van der Waals surface area (Å²) in [6.07, 6.45) is -1.41. The fourth-order valence-corrected chi connectivity index (χ4v) is 3.66. The summed E-state index contributed by atoms with van der Waals surface area (Å²) in [5.74, 6) is 0.498. The van der Waals surface area contributed by atoms with Crippen LogP contribution in [-0.4, -0.2) is 19.1 Å². The Morgan fingerprint density at radius 1 is 1.03 bits per heavy atom. The number of alkyl halides is 3. The SMILES string of the molecule is C=C(NC)[C@H](N[C@@H](CCc1ccc(C(F)(F)F)cc1)c1ccnc(OC)c1)c1ccccc1. The predicted octanol–water partition coefficient (Wildman–Crippen LogP) is 5.85. The molecule has 4 nitrogen and oxygen atoms in total. The first-order valence-corrected chi connectivity index (χ1v) is 10.7. The predicted molar refractivity (Wildman–Crippen MR) is 124 cm³/mol. The summed E-state index contributed by atoms with van der Waals surface area (Å²) in [6, 6.07) is 18.8. The van der Waals surface area contributed by atoms with Gasteiger partial charge in [0, 0.05) is 31.0 Å². The van der Waals surface area contributed by atoms with Gasteiger partial charge < -0.3 is 10.1 Å². The quantitative estimate of drug-likeness (QED) is 0.403. The number of pyridine rings is 1. The van der Waals surface area contributed by atoms with Crippen molar-refractivity contribution >= 4 is 0 Å². The fraction of sp³-hybridized carbons (Fsp3) is 0.269. The van der Waals surface area contributed by atoms with Gasteiger partial charge in [0.1, 0.15) is 0 Å². The van der Waals surface area contributed by atoms with Crippen LogP contribution in [0.25, 0.3) is 0 Å². The molecule has 3 aromatic rings. The Morgan fingerprint density at radius 2 is 1.73 bits per heavy atom. The minimum atomic E-state index is -4.34. The molecule has 2 atom stereocenters. The molecule has 0 spiro atoms. The van der Waals surface area contributed by atoms with Crippen LogP contribution in [0.15, 0.2) is 85.2 Å². The van der Waals surface area contributed by atoms with Gasteiger partial charge in [0.15, 0.2) is 0 Å². The molecule has 0 aliphatic heterocycles. The van der Waals surface area contributed by atoms with Crippen LogP contribution in [0, 0.1) is 0 Å². The topological polar surface area (TPSA) is 46.2 Å². The third-order valence-electron chi connectivity index (χ3n) is 5.54. The molecular formula is C26H28F3N3O. The second-order valence-corrected chi connectivity index (χ2v) is 7.70. The normalized spacial score (nSPS) is 13.2. The third kappa shape index (κ3) is 6.58. The van der Waals surface area contributed by atoms with Gasteiger partial charge in [-0.25, -0.2) is 4.98 Å². The number of hydrogen-bond acceptors (Lipinski definition) is 4. The zero-order chi connectivity index (χ0) is 23.8. The highest BCUT2D eigenvalue weighted by molar-refractivity contribution is 5.30. The van der Waals surface area contributed by atoms with Crippen molar-refractivity contribution in [3.63, 3.8) is 0 Å². The molecule has 0 aliphatic carbocycles. The summed E-state index contributed by atoms with van der Waals surface area (Å²) >= 11 is 0. The number of halogens is 3. The van der Waals surface area contributed by atoms with Crippen LogP contribution in [-0.2, 0) is 12.6 Å². The molecule has 0 fully saturated rings. The van der Waals surface area contributed by atoms with E-state index in [2.05, 4.69) is 22.2 Å². The van der Waals surface area contributed by atoms with Crippen LogP contribution < -0.4 is 15.4 Å². The van der Waals surface area contributed by atoms with E-state index < -0.39 is 11.7 Å². The van der Waals surface area contributed by atoms with Crippen LogP contribution in [0.4, 0.5) is 13.2 Å². The van der Waals surface area contributed by atoms with Gasteiger partial charge in [-0.1, -0.05) is 49.0 Å². The zero-order valence-corrected chi connectivity index (χ0v) is 18.7. The molecule has 0 amide bonds. The van der Waals surface area contributed by atoms with E-state index in [1.54, 1.807) is 13.3 Å². The zero-order valence-electron chi connectivity index (χ0n) is 18.7. The van der Waals surface area contributed by atoms with Crippen molar-refractivity contribution in [2.75, 3.05) is 14.2 Å². The molecule has 2 N–H and O–H groups in total. The Kier molecular flexibility index (Phi) is 8.11. The molecular weight excluding hydrogens is 427 g/mol. The van der Waals surface area contributed by atoms with Crippen molar-refractivity contribution < 1.29 is 17.9 Å². The number of nitrogens with one attached hydrogen (secondary N) is 2. The molecule has 7 heteroatoms. The number of rotatable bonds is 10. The van der Waals surface area contributed by atoms with Gasteiger partial charge in [-0.05, 0) is 47.7 Å². The average Bonchev–Trinajstić information content (AvgIpc) is 2.84. The molecule has 33 heavy (non-hydrogen) atoms. The maximum atomic E-state index is 12.9. The average molecular weight is 456 g/mol. The first-order chi connectivity index (χ1) is 15.8. The molecule has 1 heterocycles. The lowest BCUT2D eigenvalue weighted by Gasteiger charge is -2.28. The van der Waals surface area contributed by atoms with Gasteiger partial charge in [0.25, 0.3) is 0 Å². The number of nitrogens with zero attached hydrogens (tertiary/aromatic N) is 1. The number of likely N-dealkylation sites (N-methyl/N-ethyl adjacent to an activating group) is 1. The summed E-state index contributed by atoms with van der Waals surface area (Å²) in [5, 5.41) is 6.81. The lowest BCUT2D eigenvalue weighted by Crippen LogP contribution is -2.31. The van der Waals surface area contributed by atoms with E-state index in [4.69, 9.17) is 4.74 Å². The van der Waals surface area contributed by atoms with Crippen molar-refractivity contribution in [3.05, 3.63) is 107 Å². The first kappa shape index (κ1) is 24.3. The van der Waals surface area contributed by atoms with Crippen molar-refractivity contribution in [1.82, 2.24) is 15.6 Å². The number of aromatic nitrogens is 1. The van der Waals surface area contributed by atoms with Gasteiger partial charge in [0.05, 0.1) is 18.7 Å². The molecule has 0 unspecified atom stereocenters. The molecule has 0 radical (unpaired) electrons. The van der Waals surface area contributed by atoms with Crippen LogP contribution in [0.1, 0.15) is 40.8 Å². The van der Waals surface area contributed by atoms with E-state index >= 15 is 0 Å². The molecule has 3 rings (SSSR count). The fourth-order valence-electron chi connectivity index (χ4n) is 3.66. The smallest absolute Gasteiger partial charge is 0.416 e. The monoisotopic (exact) mass is 455 g/mol. The standard InChI is InChI=1S/C26H28F3N3O/c1-18(30-2)25(20-7-5-4-6-8-20)32-23(21-15-16-31-24(17-21)33-3)14-11-19-9-12-22(13-10-19)26(27,28)29/h4-10,12-13,15-17,23,25,30,32H,1,11,14H2,2-3H3/t23-,25-/m0/s1. The second-order valence-electron chi connectivity index (χ2n) is 7.70. The van der Waals surface area contributed by atoms with Crippen LogP contribution in [0.5, 0.6) is 5.88 Å². The van der Waals surface area contributed by atoms with Gasteiger partial charge in [0.2, 0.25) is 5.88 Å². The van der Waals surface area contributed by atoms with Gasteiger partial charge >= 0.3 is 6.18 Å². The number of hydrogen-bond donors (Lipinski definition) is 2. The van der Waals surface area contributed by atoms with Crippen molar-refractivity contribution in [2.45, 2.75) is 31.1 Å². The lowest BCUT2D eigenvalue weighted by atomic mass is 9.96. The van der Waals surface area contributed by atoms with E-state index in [1.165, 1.54) is 12.1 Å². The highest BCUT2D eigenvalue weighted by Crippen LogP contribution is 2.31. The highest BCUT2D eigenvalue weighted by Gasteiger charge is 2.30. The van der Waals surface area contributed by atoms with Gasteiger partial charge in [-0.2, -0.15) is 13.2 Å². The Bertz CT molecular complexity index is 1040. The number of aryl methyl sites for hydroxylation is 1. The van der Waals surface area contributed by atoms with E-state index in [1.807, 2.05) is 49.5 Å². The Labute approximate surface area is 192 Å². The van der Waals surface area contributed by atoms with Crippen LogP contribution in [0.2, 0.25) is 0 Å². The molecule has 0 bridgehead atoms. The molecule has 0 aliphatic rings. The van der Waals surface area contributed by atoms with Gasteiger partial charge in [-0.3, -0.25) is 5.32 Å². The Hall–Kier alpha value is -3.32. The summed E-state index contributed by atoms with van der Waals surface area (Å²) in [7, 11) is 3.39. The van der Waals surface area contributed by atoms with Crippen LogP contribution in [0.3, 0.4) is 0 Å². The molecule has 1 aromatic heterocycles. The summed E-state index contributed by atoms with van der Waals surface area (Å²) in [4.78, 5) is 4.19. The van der Waals surface area contributed by atoms with Crippen molar-refractivity contribution in [3.8, 4) is 5.88 Å².